The minimum atomic E-state index is 0.489. The molecule has 19 heavy (non-hydrogen) atoms. The summed E-state index contributed by atoms with van der Waals surface area (Å²) in [5, 5.41) is 3.72. The first-order valence-corrected chi connectivity index (χ1v) is 7.91. The van der Waals surface area contributed by atoms with Crippen LogP contribution in [0.2, 0.25) is 0 Å². The molecule has 0 saturated heterocycles. The molecule has 1 N–H and O–H groups in total. The van der Waals surface area contributed by atoms with Gasteiger partial charge in [-0.05, 0) is 73.6 Å². The number of fused-ring (bicyclic) bond motifs is 1. The first-order chi connectivity index (χ1) is 9.06. The van der Waals surface area contributed by atoms with Crippen LogP contribution in [0.15, 0.2) is 18.2 Å². The Morgan fingerprint density at radius 2 is 1.89 bits per heavy atom. The van der Waals surface area contributed by atoms with E-state index in [0.717, 1.165) is 5.92 Å². The number of hydrogen-bond acceptors (Lipinski definition) is 1. The summed E-state index contributed by atoms with van der Waals surface area (Å²) in [7, 11) is 0. The summed E-state index contributed by atoms with van der Waals surface area (Å²) in [5.41, 5.74) is 5.25. The van der Waals surface area contributed by atoms with Crippen molar-refractivity contribution >= 4 is 0 Å². The maximum absolute atomic E-state index is 3.72. The third kappa shape index (κ3) is 2.86. The zero-order chi connectivity index (χ0) is 13.5. The lowest BCUT2D eigenvalue weighted by atomic mass is 9.89. The second-order valence-electron chi connectivity index (χ2n) is 7.25. The highest BCUT2D eigenvalue weighted by molar-refractivity contribution is 5.35. The van der Waals surface area contributed by atoms with Gasteiger partial charge < -0.3 is 5.32 Å². The Morgan fingerprint density at radius 1 is 1.21 bits per heavy atom. The highest BCUT2D eigenvalue weighted by Crippen LogP contribution is 2.51. The highest BCUT2D eigenvalue weighted by atomic mass is 14.9. The van der Waals surface area contributed by atoms with Gasteiger partial charge in [-0.2, -0.15) is 0 Å². The highest BCUT2D eigenvalue weighted by Gasteiger charge is 2.44. The van der Waals surface area contributed by atoms with Crippen molar-refractivity contribution in [1.82, 2.24) is 5.32 Å². The molecule has 1 saturated carbocycles. The van der Waals surface area contributed by atoms with Crippen LogP contribution >= 0.6 is 0 Å². The zero-order valence-corrected chi connectivity index (χ0v) is 12.6. The molecule has 0 radical (unpaired) electrons. The molecule has 1 heteroatoms. The summed E-state index contributed by atoms with van der Waals surface area (Å²) in [6.07, 6.45) is 6.70. The molecule has 1 aromatic rings. The van der Waals surface area contributed by atoms with E-state index < -0.39 is 0 Å². The van der Waals surface area contributed by atoms with Gasteiger partial charge in [-0.3, -0.25) is 0 Å². The average Bonchev–Trinajstić information content (AvgIpc) is 3.03. The molecule has 104 valence electrons. The molecule has 3 rings (SSSR count). The molecule has 1 nitrogen and oxygen atoms in total. The summed E-state index contributed by atoms with van der Waals surface area (Å²) >= 11 is 0. The lowest BCUT2D eigenvalue weighted by Gasteiger charge is -2.20. The topological polar surface area (TPSA) is 12.0 Å². The van der Waals surface area contributed by atoms with Crippen LogP contribution in [0.25, 0.3) is 0 Å². The van der Waals surface area contributed by atoms with Crippen LogP contribution in [-0.2, 0) is 12.8 Å². The molecule has 1 aromatic carbocycles. The largest absolute Gasteiger partial charge is 0.310 e. The Kier molecular flexibility index (Phi) is 3.42. The smallest absolute Gasteiger partial charge is 0.0292 e. The van der Waals surface area contributed by atoms with E-state index >= 15 is 0 Å². The maximum Gasteiger partial charge on any atom is 0.0292 e. The van der Waals surface area contributed by atoms with Crippen LogP contribution in [0, 0.1) is 11.3 Å². The van der Waals surface area contributed by atoms with Crippen LogP contribution in [0.5, 0.6) is 0 Å². The minimum Gasteiger partial charge on any atom is -0.310 e. The average molecular weight is 257 g/mol. The van der Waals surface area contributed by atoms with Gasteiger partial charge in [-0.15, -0.1) is 0 Å². The van der Waals surface area contributed by atoms with Crippen LogP contribution in [0.1, 0.15) is 62.8 Å². The molecule has 2 aliphatic rings. The monoisotopic (exact) mass is 257 g/mol. The SMILES string of the molecule is CC(NCC1CC1(C)C)c1ccc2c(c1)CCCC2. The quantitative estimate of drug-likeness (QED) is 0.849. The molecule has 0 bridgehead atoms. The van der Waals surface area contributed by atoms with Crippen molar-refractivity contribution < 1.29 is 0 Å². The number of rotatable bonds is 4. The predicted molar refractivity (Wildman–Crippen MR) is 81.4 cm³/mol. The fourth-order valence-corrected chi connectivity index (χ4v) is 3.38. The second-order valence-corrected chi connectivity index (χ2v) is 7.25. The lowest BCUT2D eigenvalue weighted by molar-refractivity contribution is 0.484. The van der Waals surface area contributed by atoms with Crippen molar-refractivity contribution in [3.05, 3.63) is 34.9 Å². The zero-order valence-electron chi connectivity index (χ0n) is 12.6. The normalized spacial score (nSPS) is 25.7. The van der Waals surface area contributed by atoms with Gasteiger partial charge in [-0.25, -0.2) is 0 Å². The Morgan fingerprint density at radius 3 is 2.58 bits per heavy atom. The Labute approximate surface area is 117 Å². The van der Waals surface area contributed by atoms with Crippen LogP contribution in [0.3, 0.4) is 0 Å². The van der Waals surface area contributed by atoms with E-state index in [1.54, 1.807) is 11.1 Å². The first-order valence-electron chi connectivity index (χ1n) is 7.91. The maximum atomic E-state index is 3.72. The molecule has 0 aliphatic heterocycles. The first kappa shape index (κ1) is 13.2. The van der Waals surface area contributed by atoms with Crippen molar-refractivity contribution in [1.29, 1.82) is 0 Å². The van der Waals surface area contributed by atoms with Crippen molar-refractivity contribution in [3.63, 3.8) is 0 Å². The molecule has 0 heterocycles. The number of benzene rings is 1. The molecular formula is C18H27N. The molecule has 2 atom stereocenters. The number of nitrogens with one attached hydrogen (secondary N) is 1. The van der Waals surface area contributed by atoms with Gasteiger partial charge in [0.05, 0.1) is 0 Å². The van der Waals surface area contributed by atoms with Gasteiger partial charge in [0.1, 0.15) is 0 Å². The Hall–Kier alpha value is -0.820. The fourth-order valence-electron chi connectivity index (χ4n) is 3.38. The summed E-state index contributed by atoms with van der Waals surface area (Å²) in [4.78, 5) is 0. The van der Waals surface area contributed by atoms with E-state index in [0.29, 0.717) is 11.5 Å². The molecule has 0 spiro atoms. The number of hydrogen-bond donors (Lipinski definition) is 1. The van der Waals surface area contributed by atoms with E-state index in [9.17, 15) is 0 Å². The van der Waals surface area contributed by atoms with E-state index in [2.05, 4.69) is 44.3 Å². The summed E-state index contributed by atoms with van der Waals surface area (Å²) in [6.45, 7) is 8.23. The van der Waals surface area contributed by atoms with E-state index in [4.69, 9.17) is 0 Å². The standard InChI is InChI=1S/C18H27N/c1-13(19-12-17-11-18(17,2)3)15-9-8-14-6-4-5-7-16(14)10-15/h8-10,13,17,19H,4-7,11-12H2,1-3H3. The van der Waals surface area contributed by atoms with Crippen molar-refractivity contribution in [2.45, 2.75) is 58.9 Å². The van der Waals surface area contributed by atoms with Crippen molar-refractivity contribution in [2.24, 2.45) is 11.3 Å². The van der Waals surface area contributed by atoms with Crippen molar-refractivity contribution in [3.8, 4) is 0 Å². The summed E-state index contributed by atoms with van der Waals surface area (Å²) < 4.78 is 0. The molecule has 0 amide bonds. The third-order valence-corrected chi connectivity index (χ3v) is 5.26. The summed E-state index contributed by atoms with van der Waals surface area (Å²) in [5.74, 6) is 0.882. The second kappa shape index (κ2) is 4.94. The van der Waals surface area contributed by atoms with Gasteiger partial charge in [-0.1, -0.05) is 32.0 Å². The van der Waals surface area contributed by atoms with Crippen LogP contribution in [0.4, 0.5) is 0 Å². The van der Waals surface area contributed by atoms with Gasteiger partial charge >= 0.3 is 0 Å². The summed E-state index contributed by atoms with van der Waals surface area (Å²) in [6, 6.07) is 7.64. The van der Waals surface area contributed by atoms with E-state index in [1.165, 1.54) is 44.2 Å². The van der Waals surface area contributed by atoms with Gasteiger partial charge in [0.2, 0.25) is 0 Å². The Bertz CT molecular complexity index is 461. The Balaban J connectivity index is 1.61. The molecule has 1 fully saturated rings. The van der Waals surface area contributed by atoms with Crippen molar-refractivity contribution in [2.75, 3.05) is 6.54 Å². The van der Waals surface area contributed by atoms with Crippen LogP contribution < -0.4 is 5.32 Å². The van der Waals surface area contributed by atoms with E-state index in [-0.39, 0.29) is 0 Å². The minimum absolute atomic E-state index is 0.489. The molecule has 2 aliphatic carbocycles. The number of aryl methyl sites for hydroxylation is 2. The van der Waals surface area contributed by atoms with Gasteiger partial charge in [0.25, 0.3) is 0 Å². The van der Waals surface area contributed by atoms with Gasteiger partial charge in [0.15, 0.2) is 0 Å². The van der Waals surface area contributed by atoms with Crippen LogP contribution in [-0.4, -0.2) is 6.54 Å². The van der Waals surface area contributed by atoms with Gasteiger partial charge in [0, 0.05) is 6.04 Å². The third-order valence-electron chi connectivity index (χ3n) is 5.26. The molecule has 2 unspecified atom stereocenters. The fraction of sp³-hybridized carbons (Fsp3) is 0.667. The molecular weight excluding hydrogens is 230 g/mol. The lowest BCUT2D eigenvalue weighted by Crippen LogP contribution is -2.22. The predicted octanol–water partition coefficient (Wildman–Crippen LogP) is 4.26. The van der Waals surface area contributed by atoms with E-state index in [1.807, 2.05) is 0 Å². The molecule has 0 aromatic heterocycles.